The number of nitrogens with zero attached hydrogens (tertiary/aromatic N) is 1. The van der Waals surface area contributed by atoms with Crippen molar-refractivity contribution in [1.82, 2.24) is 4.90 Å². The fourth-order valence-electron chi connectivity index (χ4n) is 4.78. The zero-order valence-electron chi connectivity index (χ0n) is 18.5. The van der Waals surface area contributed by atoms with E-state index in [9.17, 15) is 9.59 Å². The van der Waals surface area contributed by atoms with Crippen molar-refractivity contribution in [3.63, 3.8) is 0 Å². The number of amides is 2. The molecule has 0 spiro atoms. The van der Waals surface area contributed by atoms with Crippen molar-refractivity contribution in [3.05, 3.63) is 76.5 Å². The highest BCUT2D eigenvalue weighted by atomic mass is 35.5. The number of furan rings is 1. The minimum absolute atomic E-state index is 0.0629. The number of fused-ring (bicyclic) bond motifs is 1. The number of rotatable bonds is 4. The zero-order valence-corrected chi connectivity index (χ0v) is 19.2. The summed E-state index contributed by atoms with van der Waals surface area (Å²) in [7, 11) is 0. The Labute approximate surface area is 198 Å². The number of carbonyl (C=O) groups excluding carboxylic acids is 2. The van der Waals surface area contributed by atoms with E-state index in [-0.39, 0.29) is 17.7 Å². The minimum Gasteiger partial charge on any atom is -0.461 e. The van der Waals surface area contributed by atoms with Gasteiger partial charge in [-0.05, 0) is 55.3 Å². The zero-order chi connectivity index (χ0) is 22.8. The molecule has 2 amide bonds. The summed E-state index contributed by atoms with van der Waals surface area (Å²) in [6.07, 6.45) is 6.15. The molecule has 5 nitrogen and oxygen atoms in total. The van der Waals surface area contributed by atoms with Crippen molar-refractivity contribution in [2.24, 2.45) is 5.92 Å². The molecule has 1 N–H and O–H groups in total. The van der Waals surface area contributed by atoms with E-state index in [1.165, 1.54) is 6.42 Å². The fourth-order valence-corrected chi connectivity index (χ4v) is 5.00. The average Bonchev–Trinajstić information content (AvgIpc) is 3.28. The van der Waals surface area contributed by atoms with Crippen LogP contribution in [0.15, 0.2) is 59.0 Å². The van der Waals surface area contributed by atoms with Crippen LogP contribution in [0.2, 0.25) is 5.02 Å². The van der Waals surface area contributed by atoms with Gasteiger partial charge in [-0.2, -0.15) is 0 Å². The number of hydrogen-bond acceptors (Lipinski definition) is 3. The SMILES string of the molecule is O=C(Nc1ccc(-c2cc3c(o2)CCN(C(=O)c2ccccc2Cl)C3)cc1)C1CCCCC1. The molecule has 0 radical (unpaired) electrons. The first-order valence-electron chi connectivity index (χ1n) is 11.6. The molecular formula is C27H27ClN2O3. The number of anilines is 1. The highest BCUT2D eigenvalue weighted by Crippen LogP contribution is 2.32. The Morgan fingerprint density at radius 1 is 1.00 bits per heavy atom. The van der Waals surface area contributed by atoms with Gasteiger partial charge in [0.1, 0.15) is 11.5 Å². The molecule has 1 aliphatic heterocycles. The number of carbonyl (C=O) groups is 2. The Hall–Kier alpha value is -3.05. The van der Waals surface area contributed by atoms with Crippen LogP contribution in [0.3, 0.4) is 0 Å². The van der Waals surface area contributed by atoms with Gasteiger partial charge in [-0.15, -0.1) is 0 Å². The summed E-state index contributed by atoms with van der Waals surface area (Å²) in [4.78, 5) is 27.2. The molecule has 0 saturated heterocycles. The van der Waals surface area contributed by atoms with Gasteiger partial charge in [0.2, 0.25) is 5.91 Å². The van der Waals surface area contributed by atoms with E-state index >= 15 is 0 Å². The number of benzene rings is 2. The van der Waals surface area contributed by atoms with Crippen molar-refractivity contribution in [3.8, 4) is 11.3 Å². The summed E-state index contributed by atoms with van der Waals surface area (Å²) in [6.45, 7) is 1.09. The standard InChI is InChI=1S/C27H27ClN2O3/c28-23-9-5-4-8-22(23)27(32)30-15-14-24-20(17-30)16-25(33-24)18-10-12-21(13-11-18)29-26(31)19-6-2-1-3-7-19/h4-5,8-13,16,19H,1-3,6-7,14-15,17H2,(H,29,31). The van der Waals surface area contributed by atoms with Gasteiger partial charge in [0, 0.05) is 42.2 Å². The summed E-state index contributed by atoms with van der Waals surface area (Å²) in [5, 5.41) is 3.52. The second-order valence-electron chi connectivity index (χ2n) is 8.92. The third kappa shape index (κ3) is 4.69. The second kappa shape index (κ2) is 9.44. The molecule has 1 aromatic heterocycles. The largest absolute Gasteiger partial charge is 0.461 e. The van der Waals surface area contributed by atoms with Crippen LogP contribution in [-0.4, -0.2) is 23.3 Å². The predicted octanol–water partition coefficient (Wildman–Crippen LogP) is 6.32. The predicted molar refractivity (Wildman–Crippen MR) is 129 cm³/mol. The Kier molecular flexibility index (Phi) is 6.23. The van der Waals surface area contributed by atoms with Gasteiger partial charge in [-0.25, -0.2) is 0 Å². The molecular weight excluding hydrogens is 436 g/mol. The summed E-state index contributed by atoms with van der Waals surface area (Å²) in [6, 6.07) is 16.9. The number of nitrogens with one attached hydrogen (secondary N) is 1. The van der Waals surface area contributed by atoms with Crippen LogP contribution in [0.25, 0.3) is 11.3 Å². The van der Waals surface area contributed by atoms with E-state index in [1.54, 1.807) is 12.1 Å². The molecule has 170 valence electrons. The second-order valence-corrected chi connectivity index (χ2v) is 9.32. The van der Waals surface area contributed by atoms with Gasteiger partial charge in [0.15, 0.2) is 0 Å². The first-order valence-corrected chi connectivity index (χ1v) is 12.0. The molecule has 1 fully saturated rings. The summed E-state index contributed by atoms with van der Waals surface area (Å²) >= 11 is 6.22. The Morgan fingerprint density at radius 3 is 2.52 bits per heavy atom. The maximum absolute atomic E-state index is 12.9. The normalized spacial score (nSPS) is 16.3. The summed E-state index contributed by atoms with van der Waals surface area (Å²) < 4.78 is 6.11. The quantitative estimate of drug-likeness (QED) is 0.493. The van der Waals surface area contributed by atoms with Crippen molar-refractivity contribution < 1.29 is 14.0 Å². The maximum Gasteiger partial charge on any atom is 0.255 e. The van der Waals surface area contributed by atoms with Crippen molar-refractivity contribution in [2.45, 2.75) is 45.1 Å². The van der Waals surface area contributed by atoms with E-state index in [0.29, 0.717) is 30.1 Å². The first-order chi connectivity index (χ1) is 16.1. The molecule has 0 unspecified atom stereocenters. The fraction of sp³-hybridized carbons (Fsp3) is 0.333. The first kappa shape index (κ1) is 21.8. The topological polar surface area (TPSA) is 62.6 Å². The van der Waals surface area contributed by atoms with Gasteiger partial charge >= 0.3 is 0 Å². The molecule has 2 aromatic carbocycles. The van der Waals surface area contributed by atoms with Crippen LogP contribution in [0.4, 0.5) is 5.69 Å². The van der Waals surface area contributed by atoms with E-state index in [1.807, 2.05) is 47.4 Å². The minimum atomic E-state index is -0.0629. The molecule has 1 aliphatic carbocycles. The molecule has 5 rings (SSSR count). The summed E-state index contributed by atoms with van der Waals surface area (Å²) in [5.41, 5.74) is 3.30. The van der Waals surface area contributed by atoms with Crippen LogP contribution in [0.5, 0.6) is 0 Å². The van der Waals surface area contributed by atoms with Crippen LogP contribution < -0.4 is 5.32 Å². The number of hydrogen-bond donors (Lipinski definition) is 1. The van der Waals surface area contributed by atoms with Gasteiger partial charge in [-0.3, -0.25) is 9.59 Å². The molecule has 0 atom stereocenters. The molecule has 0 bridgehead atoms. The summed E-state index contributed by atoms with van der Waals surface area (Å²) in [5.74, 6) is 1.89. The molecule has 6 heteroatoms. The lowest BCUT2D eigenvalue weighted by atomic mass is 9.88. The maximum atomic E-state index is 12.9. The molecule has 2 aliphatic rings. The van der Waals surface area contributed by atoms with E-state index in [4.69, 9.17) is 16.0 Å². The van der Waals surface area contributed by atoms with E-state index < -0.39 is 0 Å². The van der Waals surface area contributed by atoms with E-state index in [0.717, 1.165) is 54.0 Å². The molecule has 2 heterocycles. The molecule has 1 saturated carbocycles. The van der Waals surface area contributed by atoms with Crippen molar-refractivity contribution >= 4 is 29.1 Å². The third-order valence-corrected chi connectivity index (χ3v) is 7.00. The molecule has 33 heavy (non-hydrogen) atoms. The van der Waals surface area contributed by atoms with Crippen LogP contribution in [0.1, 0.15) is 53.8 Å². The molecule has 3 aromatic rings. The number of halogens is 1. The van der Waals surface area contributed by atoms with Crippen LogP contribution in [0, 0.1) is 5.92 Å². The van der Waals surface area contributed by atoms with Crippen molar-refractivity contribution in [2.75, 3.05) is 11.9 Å². The average molecular weight is 463 g/mol. The smallest absolute Gasteiger partial charge is 0.255 e. The van der Waals surface area contributed by atoms with E-state index in [2.05, 4.69) is 5.32 Å². The van der Waals surface area contributed by atoms with Gasteiger partial charge < -0.3 is 14.6 Å². The Morgan fingerprint density at radius 2 is 1.76 bits per heavy atom. The highest BCUT2D eigenvalue weighted by Gasteiger charge is 2.26. The lowest BCUT2D eigenvalue weighted by Crippen LogP contribution is -2.35. The monoisotopic (exact) mass is 462 g/mol. The Bertz CT molecular complexity index is 1160. The van der Waals surface area contributed by atoms with Crippen LogP contribution >= 0.6 is 11.6 Å². The van der Waals surface area contributed by atoms with Gasteiger partial charge in [0.05, 0.1) is 10.6 Å². The van der Waals surface area contributed by atoms with Crippen LogP contribution in [-0.2, 0) is 17.8 Å². The third-order valence-electron chi connectivity index (χ3n) is 6.67. The lowest BCUT2D eigenvalue weighted by molar-refractivity contribution is -0.120. The Balaban J connectivity index is 1.26. The highest BCUT2D eigenvalue weighted by molar-refractivity contribution is 6.33. The van der Waals surface area contributed by atoms with Gasteiger partial charge in [0.25, 0.3) is 5.91 Å². The lowest BCUT2D eigenvalue weighted by Gasteiger charge is -2.26. The van der Waals surface area contributed by atoms with Crippen molar-refractivity contribution in [1.29, 1.82) is 0 Å². The van der Waals surface area contributed by atoms with Gasteiger partial charge in [-0.1, -0.05) is 43.0 Å².